The van der Waals surface area contributed by atoms with Crippen LogP contribution in [0.4, 0.5) is 20.5 Å². The molecule has 7 nitrogen and oxygen atoms in total. The van der Waals surface area contributed by atoms with Gasteiger partial charge >= 0.3 is 0 Å². The van der Waals surface area contributed by atoms with Crippen molar-refractivity contribution in [2.75, 3.05) is 23.7 Å². The highest BCUT2D eigenvalue weighted by molar-refractivity contribution is 5.83. The summed E-state index contributed by atoms with van der Waals surface area (Å²) in [7, 11) is 0. The van der Waals surface area contributed by atoms with Gasteiger partial charge in [-0.3, -0.25) is 0 Å². The van der Waals surface area contributed by atoms with Crippen molar-refractivity contribution in [2.24, 2.45) is 0 Å². The molecule has 4 N–H and O–H groups in total. The topological polar surface area (TPSA) is 98.8 Å². The average Bonchev–Trinajstić information content (AvgIpc) is 2.90. The molecule has 1 unspecified atom stereocenters. The summed E-state index contributed by atoms with van der Waals surface area (Å²) in [6, 6.07) is 0. The molecular weight excluding hydrogens is 270 g/mol. The molecule has 0 bridgehead atoms. The number of rotatable bonds is 7. The smallest absolute Gasteiger partial charge is 0.265 e. The van der Waals surface area contributed by atoms with Gasteiger partial charge in [0.05, 0.1) is 6.33 Å². The van der Waals surface area contributed by atoms with Crippen LogP contribution in [0.5, 0.6) is 0 Å². The monoisotopic (exact) mass is 286 g/mol. The number of anilines is 2. The summed E-state index contributed by atoms with van der Waals surface area (Å²) in [5, 5.41) is 14.8. The van der Waals surface area contributed by atoms with Crippen molar-refractivity contribution in [2.45, 2.75) is 25.9 Å². The first-order chi connectivity index (χ1) is 9.61. The number of aromatic nitrogens is 4. The van der Waals surface area contributed by atoms with E-state index < -0.39 is 12.5 Å². The fourth-order valence-corrected chi connectivity index (χ4v) is 1.57. The number of hydrogen-bond acceptors (Lipinski definition) is 6. The van der Waals surface area contributed by atoms with Gasteiger partial charge in [0.25, 0.3) is 6.43 Å². The van der Waals surface area contributed by atoms with Gasteiger partial charge < -0.3 is 20.7 Å². The molecule has 9 heteroatoms. The Morgan fingerprint density at radius 2 is 2.15 bits per heavy atom. The van der Waals surface area contributed by atoms with E-state index in [0.717, 1.165) is 6.42 Å². The molecule has 0 aromatic carbocycles. The van der Waals surface area contributed by atoms with Crippen LogP contribution in [0.25, 0.3) is 11.2 Å². The van der Waals surface area contributed by atoms with E-state index in [0.29, 0.717) is 29.5 Å². The van der Waals surface area contributed by atoms with Crippen molar-refractivity contribution in [3.05, 3.63) is 6.33 Å². The highest BCUT2D eigenvalue weighted by Gasteiger charge is 2.18. The molecule has 2 rings (SSSR count). The van der Waals surface area contributed by atoms with E-state index in [1.807, 2.05) is 6.92 Å². The van der Waals surface area contributed by atoms with Crippen molar-refractivity contribution >= 4 is 22.9 Å². The number of fused-ring (bicyclic) bond motifs is 1. The van der Waals surface area contributed by atoms with E-state index >= 15 is 0 Å². The van der Waals surface area contributed by atoms with Gasteiger partial charge in [-0.2, -0.15) is 9.97 Å². The zero-order valence-electron chi connectivity index (χ0n) is 10.9. The van der Waals surface area contributed by atoms with E-state index in [2.05, 4.69) is 30.6 Å². The first kappa shape index (κ1) is 14.4. The van der Waals surface area contributed by atoms with E-state index in [1.54, 1.807) is 0 Å². The largest absolute Gasteiger partial charge is 0.385 e. The van der Waals surface area contributed by atoms with Crippen LogP contribution in [-0.2, 0) is 0 Å². The van der Waals surface area contributed by atoms with Crippen LogP contribution in [0.15, 0.2) is 6.33 Å². The predicted molar refractivity (Wildman–Crippen MR) is 71.0 cm³/mol. The third-order valence-corrected chi connectivity index (χ3v) is 2.59. The second kappa shape index (κ2) is 6.42. The minimum atomic E-state index is -2.81. The predicted octanol–water partition coefficient (Wildman–Crippen LogP) is 1.21. The van der Waals surface area contributed by atoms with Crippen LogP contribution in [-0.4, -0.2) is 50.7 Å². The van der Waals surface area contributed by atoms with Crippen LogP contribution < -0.4 is 10.6 Å². The second-order valence-corrected chi connectivity index (χ2v) is 4.21. The molecule has 0 spiro atoms. The van der Waals surface area contributed by atoms with E-state index in [-0.39, 0.29) is 6.54 Å². The second-order valence-electron chi connectivity index (χ2n) is 4.21. The van der Waals surface area contributed by atoms with Gasteiger partial charge in [0.15, 0.2) is 11.5 Å². The number of alkyl halides is 2. The summed E-state index contributed by atoms with van der Waals surface area (Å²) in [5.74, 6) is 0.686. The molecule has 20 heavy (non-hydrogen) atoms. The number of hydrogen-bond donors (Lipinski definition) is 4. The lowest BCUT2D eigenvalue weighted by Gasteiger charge is -2.12. The molecule has 2 aromatic heterocycles. The summed E-state index contributed by atoms with van der Waals surface area (Å²) >= 11 is 0. The van der Waals surface area contributed by atoms with Crippen LogP contribution in [0.2, 0.25) is 0 Å². The Morgan fingerprint density at radius 1 is 1.35 bits per heavy atom. The van der Waals surface area contributed by atoms with Crippen LogP contribution >= 0.6 is 0 Å². The molecule has 0 aliphatic carbocycles. The minimum Gasteiger partial charge on any atom is -0.385 e. The normalized spacial score (nSPS) is 12.8. The summed E-state index contributed by atoms with van der Waals surface area (Å²) in [6.45, 7) is 2.38. The number of aromatic amines is 1. The van der Waals surface area contributed by atoms with Crippen molar-refractivity contribution in [3.63, 3.8) is 0 Å². The molecule has 0 saturated heterocycles. The Balaban J connectivity index is 2.19. The zero-order chi connectivity index (χ0) is 14.5. The molecule has 0 aliphatic heterocycles. The van der Waals surface area contributed by atoms with E-state index in [1.165, 1.54) is 6.33 Å². The van der Waals surface area contributed by atoms with Crippen molar-refractivity contribution in [1.82, 2.24) is 19.9 Å². The third-order valence-electron chi connectivity index (χ3n) is 2.59. The maximum absolute atomic E-state index is 12.3. The number of imidazole rings is 1. The Labute approximate surface area is 113 Å². The van der Waals surface area contributed by atoms with Gasteiger partial charge in [-0.25, -0.2) is 13.8 Å². The maximum Gasteiger partial charge on any atom is 0.265 e. The summed E-state index contributed by atoms with van der Waals surface area (Å²) in [6.07, 6.45) is -2.22. The standard InChI is InChI=1S/C11H16F2N6O/c1-2-3-14-11-18-9(15-4-6(20)8(12)13)7-10(19-11)17-5-16-7/h5-6,8,20H,2-4H2,1H3,(H3,14,15,16,17,18,19). The number of halogens is 2. The molecule has 1 atom stereocenters. The molecule has 0 radical (unpaired) electrons. The van der Waals surface area contributed by atoms with Crippen molar-refractivity contribution in [3.8, 4) is 0 Å². The SMILES string of the molecule is CCCNc1nc(NCC(O)C(F)F)c2[nH]cnc2n1. The fraction of sp³-hybridized carbons (Fsp3) is 0.545. The van der Waals surface area contributed by atoms with Gasteiger partial charge in [0, 0.05) is 13.1 Å². The third kappa shape index (κ3) is 3.29. The number of aliphatic hydroxyl groups is 1. The maximum atomic E-state index is 12.3. The molecule has 2 heterocycles. The van der Waals surface area contributed by atoms with Gasteiger partial charge in [0.2, 0.25) is 5.95 Å². The molecular formula is C11H16F2N6O. The van der Waals surface area contributed by atoms with Crippen molar-refractivity contribution in [1.29, 1.82) is 0 Å². The molecule has 2 aromatic rings. The highest BCUT2D eigenvalue weighted by atomic mass is 19.3. The summed E-state index contributed by atoms with van der Waals surface area (Å²) in [5.41, 5.74) is 0.932. The minimum absolute atomic E-state index is 0.310. The van der Waals surface area contributed by atoms with Crippen LogP contribution in [0.1, 0.15) is 13.3 Å². The number of H-pyrrole nitrogens is 1. The first-order valence-electron chi connectivity index (χ1n) is 6.27. The van der Waals surface area contributed by atoms with Gasteiger partial charge in [-0.15, -0.1) is 0 Å². The Morgan fingerprint density at radius 3 is 2.85 bits per heavy atom. The lowest BCUT2D eigenvalue weighted by molar-refractivity contribution is 0.00382. The zero-order valence-corrected chi connectivity index (χ0v) is 10.9. The van der Waals surface area contributed by atoms with Gasteiger partial charge in [-0.05, 0) is 6.42 Å². The molecule has 0 aliphatic rings. The number of aliphatic hydroxyl groups excluding tert-OH is 1. The average molecular weight is 286 g/mol. The van der Waals surface area contributed by atoms with Gasteiger partial charge in [0.1, 0.15) is 11.6 Å². The Bertz CT molecular complexity index is 561. The Hall–Kier alpha value is -2.03. The van der Waals surface area contributed by atoms with E-state index in [9.17, 15) is 8.78 Å². The summed E-state index contributed by atoms with van der Waals surface area (Å²) in [4.78, 5) is 15.2. The lowest BCUT2D eigenvalue weighted by Crippen LogP contribution is -2.27. The lowest BCUT2D eigenvalue weighted by atomic mass is 10.3. The first-order valence-corrected chi connectivity index (χ1v) is 6.27. The number of nitrogens with zero attached hydrogens (tertiary/aromatic N) is 3. The van der Waals surface area contributed by atoms with Crippen LogP contribution in [0, 0.1) is 0 Å². The van der Waals surface area contributed by atoms with E-state index in [4.69, 9.17) is 5.11 Å². The number of nitrogens with one attached hydrogen (secondary N) is 3. The van der Waals surface area contributed by atoms with Gasteiger partial charge in [-0.1, -0.05) is 6.92 Å². The highest BCUT2D eigenvalue weighted by Crippen LogP contribution is 2.18. The summed E-state index contributed by atoms with van der Waals surface area (Å²) < 4.78 is 24.6. The van der Waals surface area contributed by atoms with Crippen LogP contribution in [0.3, 0.4) is 0 Å². The fourth-order valence-electron chi connectivity index (χ4n) is 1.57. The molecule has 0 saturated carbocycles. The molecule has 0 fully saturated rings. The van der Waals surface area contributed by atoms with Crippen molar-refractivity contribution < 1.29 is 13.9 Å². The quantitative estimate of drug-likeness (QED) is 0.610. The Kier molecular flexibility index (Phi) is 4.61. The molecule has 0 amide bonds. The molecule has 110 valence electrons.